The topological polar surface area (TPSA) is 70.1 Å². The molecule has 0 aliphatic carbocycles. The maximum atomic E-state index is 11.2. The smallest absolute Gasteiger partial charge is 0.358 e. The summed E-state index contributed by atoms with van der Waals surface area (Å²) in [6.45, 7) is 0.833. The number of carbonyl (C=O) groups excluding carboxylic acids is 1. The highest BCUT2D eigenvalue weighted by molar-refractivity contribution is 5.87. The number of halogens is 1. The lowest BCUT2D eigenvalue weighted by molar-refractivity contribution is 0.0593. The van der Waals surface area contributed by atoms with Gasteiger partial charge in [-0.05, 0) is 18.9 Å². The summed E-state index contributed by atoms with van der Waals surface area (Å²) in [5, 5.41) is 4.13. The van der Waals surface area contributed by atoms with E-state index >= 15 is 0 Å². The Morgan fingerprint density at radius 2 is 2.47 bits per heavy atom. The summed E-state index contributed by atoms with van der Waals surface area (Å²) in [7, 11) is 1.35. The number of fused-ring (bicyclic) bond motifs is 1. The average Bonchev–Trinajstić information content (AvgIpc) is 2.62. The highest BCUT2D eigenvalue weighted by Crippen LogP contribution is 2.23. The minimum Gasteiger partial charge on any atom is -0.464 e. The molecule has 5 nitrogen and oxygen atoms in total. The first-order valence-electron chi connectivity index (χ1n) is 4.64. The third-order valence-electron chi connectivity index (χ3n) is 2.47. The van der Waals surface area contributed by atoms with E-state index in [4.69, 9.17) is 5.73 Å². The second-order valence-corrected chi connectivity index (χ2v) is 3.42. The summed E-state index contributed by atoms with van der Waals surface area (Å²) in [5.74, 6) is -0.404. The highest BCUT2D eigenvalue weighted by atomic mass is 35.5. The van der Waals surface area contributed by atoms with Crippen LogP contribution in [-0.4, -0.2) is 22.9 Å². The molecule has 0 saturated carbocycles. The summed E-state index contributed by atoms with van der Waals surface area (Å²) in [6.07, 6.45) is 1.96. The third kappa shape index (κ3) is 2.13. The Bertz CT molecular complexity index is 364. The van der Waals surface area contributed by atoms with Crippen LogP contribution >= 0.6 is 12.4 Å². The van der Waals surface area contributed by atoms with Gasteiger partial charge >= 0.3 is 5.97 Å². The van der Waals surface area contributed by atoms with Crippen molar-refractivity contribution in [2.24, 2.45) is 5.73 Å². The number of nitrogens with zero attached hydrogens (tertiary/aromatic N) is 2. The average molecular weight is 232 g/mol. The van der Waals surface area contributed by atoms with Crippen LogP contribution in [0.1, 0.15) is 35.1 Å². The van der Waals surface area contributed by atoms with Crippen LogP contribution in [0.5, 0.6) is 0 Å². The molecular weight excluding hydrogens is 218 g/mol. The Hall–Kier alpha value is -1.07. The Morgan fingerprint density at radius 1 is 1.73 bits per heavy atom. The fraction of sp³-hybridized carbons (Fsp3) is 0.556. The molecule has 0 radical (unpaired) electrons. The fourth-order valence-electron chi connectivity index (χ4n) is 1.72. The van der Waals surface area contributed by atoms with Gasteiger partial charge in [-0.15, -0.1) is 12.4 Å². The molecule has 0 saturated heterocycles. The third-order valence-corrected chi connectivity index (χ3v) is 2.47. The first-order valence-corrected chi connectivity index (χ1v) is 4.64. The molecule has 84 valence electrons. The predicted molar refractivity (Wildman–Crippen MR) is 57.0 cm³/mol. The van der Waals surface area contributed by atoms with Crippen LogP contribution < -0.4 is 5.73 Å². The normalized spacial score (nSPS) is 18.9. The van der Waals surface area contributed by atoms with Gasteiger partial charge in [0.2, 0.25) is 0 Å². The van der Waals surface area contributed by atoms with Gasteiger partial charge in [-0.3, -0.25) is 4.68 Å². The van der Waals surface area contributed by atoms with Crippen molar-refractivity contribution in [2.75, 3.05) is 7.11 Å². The van der Waals surface area contributed by atoms with Gasteiger partial charge < -0.3 is 10.5 Å². The van der Waals surface area contributed by atoms with Crippen molar-refractivity contribution in [1.82, 2.24) is 9.78 Å². The van der Waals surface area contributed by atoms with Crippen LogP contribution in [0, 0.1) is 0 Å². The summed E-state index contributed by atoms with van der Waals surface area (Å²) in [5.41, 5.74) is 7.16. The summed E-state index contributed by atoms with van der Waals surface area (Å²) in [4.78, 5) is 11.2. The van der Waals surface area contributed by atoms with Crippen LogP contribution in [0.15, 0.2) is 6.07 Å². The van der Waals surface area contributed by atoms with E-state index in [2.05, 4.69) is 9.84 Å². The molecule has 6 heteroatoms. The van der Waals surface area contributed by atoms with Crippen molar-refractivity contribution in [3.05, 3.63) is 17.5 Å². The molecule has 0 fully saturated rings. The number of hydrogen-bond donors (Lipinski definition) is 1. The standard InChI is InChI=1S/C9H13N3O2.ClH/c1-14-9(13)7-5-8-6(10)3-2-4-12(8)11-7;/h5-6H,2-4,10H2,1H3;1H. The molecule has 1 aliphatic heterocycles. The molecule has 2 heterocycles. The molecule has 2 N–H and O–H groups in total. The number of aromatic nitrogens is 2. The molecule has 1 aromatic rings. The van der Waals surface area contributed by atoms with Crippen molar-refractivity contribution in [3.8, 4) is 0 Å². The largest absolute Gasteiger partial charge is 0.464 e. The van der Waals surface area contributed by atoms with Crippen molar-refractivity contribution >= 4 is 18.4 Å². The van der Waals surface area contributed by atoms with Crippen LogP contribution in [0.4, 0.5) is 0 Å². The van der Waals surface area contributed by atoms with E-state index in [0.29, 0.717) is 5.69 Å². The molecular formula is C9H14ClN3O2. The fourth-order valence-corrected chi connectivity index (χ4v) is 1.72. The molecule has 1 unspecified atom stereocenters. The van der Waals surface area contributed by atoms with Gasteiger partial charge in [0.1, 0.15) is 0 Å². The summed E-state index contributed by atoms with van der Waals surface area (Å²) >= 11 is 0. The maximum Gasteiger partial charge on any atom is 0.358 e. The van der Waals surface area contributed by atoms with E-state index in [1.165, 1.54) is 7.11 Å². The number of hydrogen-bond acceptors (Lipinski definition) is 4. The molecule has 1 aliphatic rings. The minimum absolute atomic E-state index is 0. The van der Waals surface area contributed by atoms with E-state index in [0.717, 1.165) is 25.1 Å². The number of nitrogens with two attached hydrogens (primary N) is 1. The van der Waals surface area contributed by atoms with Crippen LogP contribution in [0.25, 0.3) is 0 Å². The number of rotatable bonds is 1. The first-order chi connectivity index (χ1) is 6.72. The van der Waals surface area contributed by atoms with Crippen LogP contribution in [0.2, 0.25) is 0 Å². The number of esters is 1. The second-order valence-electron chi connectivity index (χ2n) is 3.42. The lowest BCUT2D eigenvalue weighted by Crippen LogP contribution is -2.21. The monoisotopic (exact) mass is 231 g/mol. The second kappa shape index (κ2) is 4.63. The molecule has 0 amide bonds. The molecule has 15 heavy (non-hydrogen) atoms. The van der Waals surface area contributed by atoms with E-state index < -0.39 is 5.97 Å². The van der Waals surface area contributed by atoms with Gasteiger partial charge in [0, 0.05) is 12.6 Å². The van der Waals surface area contributed by atoms with Crippen LogP contribution in [0.3, 0.4) is 0 Å². The zero-order chi connectivity index (χ0) is 10.1. The van der Waals surface area contributed by atoms with E-state index in [1.807, 2.05) is 0 Å². The Labute approximate surface area is 94.0 Å². The lowest BCUT2D eigenvalue weighted by atomic mass is 10.1. The van der Waals surface area contributed by atoms with Crippen molar-refractivity contribution < 1.29 is 9.53 Å². The molecule has 1 aromatic heterocycles. The van der Waals surface area contributed by atoms with Gasteiger partial charge in [0.25, 0.3) is 0 Å². The zero-order valence-corrected chi connectivity index (χ0v) is 9.29. The lowest BCUT2D eigenvalue weighted by Gasteiger charge is -2.19. The van der Waals surface area contributed by atoms with Gasteiger partial charge in [-0.1, -0.05) is 0 Å². The number of ether oxygens (including phenoxy) is 1. The molecule has 2 rings (SSSR count). The van der Waals surface area contributed by atoms with Gasteiger partial charge in [-0.25, -0.2) is 4.79 Å². The Kier molecular flexibility index (Phi) is 3.71. The first kappa shape index (κ1) is 12.0. The number of aryl methyl sites for hydroxylation is 1. The maximum absolute atomic E-state index is 11.2. The number of methoxy groups -OCH3 is 1. The zero-order valence-electron chi connectivity index (χ0n) is 8.47. The van der Waals surface area contributed by atoms with Crippen molar-refractivity contribution in [1.29, 1.82) is 0 Å². The molecule has 0 bridgehead atoms. The van der Waals surface area contributed by atoms with E-state index in [1.54, 1.807) is 10.7 Å². The summed E-state index contributed by atoms with van der Waals surface area (Å²) < 4.78 is 6.39. The Morgan fingerprint density at radius 3 is 3.07 bits per heavy atom. The van der Waals surface area contributed by atoms with Gasteiger partial charge in [-0.2, -0.15) is 5.10 Å². The van der Waals surface area contributed by atoms with Crippen LogP contribution in [-0.2, 0) is 11.3 Å². The van der Waals surface area contributed by atoms with E-state index in [-0.39, 0.29) is 18.4 Å². The predicted octanol–water partition coefficient (Wildman–Crippen LogP) is 0.885. The molecule has 0 spiro atoms. The summed E-state index contributed by atoms with van der Waals surface area (Å²) in [6, 6.07) is 1.71. The SMILES string of the molecule is COC(=O)c1cc2n(n1)CCCC2N.Cl. The van der Waals surface area contributed by atoms with Crippen molar-refractivity contribution in [3.63, 3.8) is 0 Å². The van der Waals surface area contributed by atoms with E-state index in [9.17, 15) is 4.79 Å². The van der Waals surface area contributed by atoms with Gasteiger partial charge in [0.15, 0.2) is 5.69 Å². The highest BCUT2D eigenvalue weighted by Gasteiger charge is 2.21. The molecule has 1 atom stereocenters. The quantitative estimate of drug-likeness (QED) is 0.729. The van der Waals surface area contributed by atoms with Gasteiger partial charge in [0.05, 0.1) is 12.8 Å². The number of carbonyl (C=O) groups is 1. The minimum atomic E-state index is -0.404. The van der Waals surface area contributed by atoms with Crippen molar-refractivity contribution in [2.45, 2.75) is 25.4 Å². The molecule has 0 aromatic carbocycles. The Balaban J connectivity index is 0.00000112.